The van der Waals surface area contributed by atoms with E-state index in [1.165, 1.54) is 10.5 Å². The van der Waals surface area contributed by atoms with E-state index < -0.39 is 0 Å². The highest BCUT2D eigenvalue weighted by atomic mass is 32.1. The van der Waals surface area contributed by atoms with Gasteiger partial charge in [-0.05, 0) is 38.5 Å². The van der Waals surface area contributed by atoms with Crippen LogP contribution in [-0.4, -0.2) is 17.0 Å². The molecule has 1 atom stereocenters. The molecule has 4 rings (SSSR count). The lowest BCUT2D eigenvalue weighted by atomic mass is 10.0. The number of aromatic nitrogens is 2. The summed E-state index contributed by atoms with van der Waals surface area (Å²) in [4.78, 5) is 23.8. The van der Waals surface area contributed by atoms with E-state index in [1.807, 2.05) is 19.1 Å². The van der Waals surface area contributed by atoms with Gasteiger partial charge in [-0.25, -0.2) is 4.98 Å². The standard InChI is InChI=1S/C22H23N3O2S/c1-13-5-8-16(9-6-13)19-15(3)28-22-20(19)21(26)23-18(24-22)12-25(4)11-17-10-7-14(2)27-17/h5-10H,11-12H2,1-4H3,(H,23,24,26)/p+1. The number of benzene rings is 1. The fourth-order valence-corrected chi connectivity index (χ4v) is 4.61. The molecule has 1 unspecified atom stereocenters. The molecule has 0 aliphatic rings. The molecule has 144 valence electrons. The van der Waals surface area contributed by atoms with Crippen LogP contribution in [-0.2, 0) is 13.1 Å². The third-order valence-electron chi connectivity index (χ3n) is 4.87. The first-order valence-corrected chi connectivity index (χ1v) is 10.2. The van der Waals surface area contributed by atoms with Crippen molar-refractivity contribution in [1.82, 2.24) is 9.97 Å². The van der Waals surface area contributed by atoms with Gasteiger partial charge in [0.15, 0.2) is 11.6 Å². The van der Waals surface area contributed by atoms with Gasteiger partial charge in [-0.15, -0.1) is 11.3 Å². The first kappa shape index (κ1) is 18.7. The second-order valence-electron chi connectivity index (χ2n) is 7.42. The van der Waals surface area contributed by atoms with Gasteiger partial charge in [-0.1, -0.05) is 29.8 Å². The molecular formula is C22H24N3O2S+. The molecule has 0 aliphatic carbocycles. The highest BCUT2D eigenvalue weighted by Crippen LogP contribution is 2.35. The number of aryl methyl sites for hydroxylation is 3. The highest BCUT2D eigenvalue weighted by Gasteiger charge is 2.18. The third-order valence-corrected chi connectivity index (χ3v) is 5.87. The van der Waals surface area contributed by atoms with Crippen LogP contribution in [0.25, 0.3) is 21.3 Å². The maximum absolute atomic E-state index is 12.9. The number of nitrogens with zero attached hydrogens (tertiary/aromatic N) is 1. The van der Waals surface area contributed by atoms with Crippen molar-refractivity contribution in [2.24, 2.45) is 0 Å². The van der Waals surface area contributed by atoms with Gasteiger partial charge in [0.05, 0.1) is 12.4 Å². The minimum Gasteiger partial charge on any atom is -0.460 e. The number of hydrogen-bond donors (Lipinski definition) is 2. The molecule has 3 heterocycles. The summed E-state index contributed by atoms with van der Waals surface area (Å²) in [6.07, 6.45) is 0. The largest absolute Gasteiger partial charge is 0.460 e. The Morgan fingerprint density at radius 1 is 1.07 bits per heavy atom. The predicted octanol–water partition coefficient (Wildman–Crippen LogP) is 3.38. The average molecular weight is 395 g/mol. The Balaban J connectivity index is 1.66. The molecule has 0 amide bonds. The van der Waals surface area contributed by atoms with Gasteiger partial charge < -0.3 is 14.3 Å². The smallest absolute Gasteiger partial charge is 0.260 e. The first-order chi connectivity index (χ1) is 13.4. The lowest BCUT2D eigenvalue weighted by Gasteiger charge is -2.11. The summed E-state index contributed by atoms with van der Waals surface area (Å²) >= 11 is 1.58. The molecule has 6 heteroatoms. The van der Waals surface area contributed by atoms with Crippen LogP contribution < -0.4 is 10.5 Å². The molecule has 28 heavy (non-hydrogen) atoms. The van der Waals surface area contributed by atoms with Crippen LogP contribution in [0.5, 0.6) is 0 Å². The van der Waals surface area contributed by atoms with Gasteiger partial charge in [-0.2, -0.15) is 0 Å². The van der Waals surface area contributed by atoms with Crippen molar-refractivity contribution in [2.45, 2.75) is 33.9 Å². The monoisotopic (exact) mass is 394 g/mol. The zero-order valence-electron chi connectivity index (χ0n) is 16.6. The molecule has 0 spiro atoms. The van der Waals surface area contributed by atoms with E-state index in [-0.39, 0.29) is 5.56 Å². The Morgan fingerprint density at radius 2 is 1.82 bits per heavy atom. The van der Waals surface area contributed by atoms with Crippen LogP contribution in [0, 0.1) is 20.8 Å². The van der Waals surface area contributed by atoms with Crippen LogP contribution in [0.15, 0.2) is 45.6 Å². The van der Waals surface area contributed by atoms with Gasteiger partial charge in [0.1, 0.15) is 23.7 Å². The maximum Gasteiger partial charge on any atom is 0.260 e. The number of quaternary nitrogens is 1. The summed E-state index contributed by atoms with van der Waals surface area (Å²) in [6, 6.07) is 12.2. The Kier molecular flexibility index (Phi) is 4.91. The summed E-state index contributed by atoms with van der Waals surface area (Å²) in [7, 11) is 2.07. The van der Waals surface area contributed by atoms with E-state index in [4.69, 9.17) is 9.40 Å². The number of rotatable bonds is 5. The summed E-state index contributed by atoms with van der Waals surface area (Å²) < 4.78 is 5.65. The van der Waals surface area contributed by atoms with Crippen molar-refractivity contribution in [2.75, 3.05) is 7.05 Å². The fraction of sp³-hybridized carbons (Fsp3) is 0.273. The molecule has 0 saturated carbocycles. The van der Waals surface area contributed by atoms with E-state index in [0.717, 1.165) is 38.9 Å². The van der Waals surface area contributed by atoms with E-state index in [1.54, 1.807) is 11.3 Å². The van der Waals surface area contributed by atoms with Crippen molar-refractivity contribution in [1.29, 1.82) is 0 Å². The van der Waals surface area contributed by atoms with Crippen LogP contribution >= 0.6 is 11.3 Å². The molecule has 4 aromatic rings. The molecule has 5 nitrogen and oxygen atoms in total. The number of furan rings is 1. The number of aromatic amines is 1. The number of nitrogens with one attached hydrogen (secondary N) is 2. The molecule has 2 N–H and O–H groups in total. The molecule has 0 saturated heterocycles. The van der Waals surface area contributed by atoms with E-state index >= 15 is 0 Å². The minimum atomic E-state index is -0.0680. The second-order valence-corrected chi connectivity index (χ2v) is 8.62. The van der Waals surface area contributed by atoms with Crippen LogP contribution in [0.4, 0.5) is 0 Å². The van der Waals surface area contributed by atoms with Crippen molar-refractivity contribution < 1.29 is 9.32 Å². The Bertz CT molecular complexity index is 1180. The highest BCUT2D eigenvalue weighted by molar-refractivity contribution is 7.19. The van der Waals surface area contributed by atoms with Crippen molar-refractivity contribution in [3.63, 3.8) is 0 Å². The summed E-state index contributed by atoms with van der Waals surface area (Å²) in [5, 5.41) is 0.689. The molecular weight excluding hydrogens is 370 g/mol. The van der Waals surface area contributed by atoms with Gasteiger partial charge in [0.25, 0.3) is 5.56 Å². The van der Waals surface area contributed by atoms with Crippen molar-refractivity contribution in [3.05, 3.63) is 74.5 Å². The SMILES string of the molecule is Cc1ccc(-c2c(C)sc3nc(C[NH+](C)Cc4ccc(C)o4)[nH]c(=O)c23)cc1. The lowest BCUT2D eigenvalue weighted by molar-refractivity contribution is -0.909. The van der Waals surface area contributed by atoms with Crippen LogP contribution in [0.3, 0.4) is 0 Å². The second kappa shape index (κ2) is 7.37. The minimum absolute atomic E-state index is 0.0680. The fourth-order valence-electron chi connectivity index (χ4n) is 3.54. The molecule has 3 aromatic heterocycles. The third kappa shape index (κ3) is 3.66. The zero-order chi connectivity index (χ0) is 19.8. The van der Waals surface area contributed by atoms with Crippen LogP contribution in [0.2, 0.25) is 0 Å². The van der Waals surface area contributed by atoms with E-state index in [9.17, 15) is 4.79 Å². The maximum atomic E-state index is 12.9. The van der Waals surface area contributed by atoms with Crippen LogP contribution in [0.1, 0.15) is 27.8 Å². The van der Waals surface area contributed by atoms with E-state index in [0.29, 0.717) is 17.8 Å². The topological polar surface area (TPSA) is 63.3 Å². The van der Waals surface area contributed by atoms with Gasteiger partial charge in [0, 0.05) is 10.4 Å². The Morgan fingerprint density at radius 3 is 2.50 bits per heavy atom. The number of hydrogen-bond acceptors (Lipinski definition) is 4. The Labute approximate surface area is 167 Å². The van der Waals surface area contributed by atoms with E-state index in [2.05, 4.69) is 50.1 Å². The summed E-state index contributed by atoms with van der Waals surface area (Å²) in [6.45, 7) is 7.43. The molecule has 0 fully saturated rings. The molecule has 0 bridgehead atoms. The van der Waals surface area contributed by atoms with Gasteiger partial charge in [-0.3, -0.25) is 4.79 Å². The van der Waals surface area contributed by atoms with Crippen molar-refractivity contribution >= 4 is 21.6 Å². The number of fused-ring (bicyclic) bond motifs is 1. The number of thiophene rings is 1. The molecule has 0 radical (unpaired) electrons. The summed E-state index contributed by atoms with van der Waals surface area (Å²) in [5.74, 6) is 2.55. The Hall–Kier alpha value is -2.70. The first-order valence-electron chi connectivity index (χ1n) is 9.36. The molecule has 0 aliphatic heterocycles. The lowest BCUT2D eigenvalue weighted by Crippen LogP contribution is -3.06. The van der Waals surface area contributed by atoms with Gasteiger partial charge in [0.2, 0.25) is 0 Å². The van der Waals surface area contributed by atoms with Crippen molar-refractivity contribution in [3.8, 4) is 11.1 Å². The normalized spacial score (nSPS) is 12.6. The summed E-state index contributed by atoms with van der Waals surface area (Å²) in [5.41, 5.74) is 3.19. The average Bonchev–Trinajstić information content (AvgIpc) is 3.18. The van der Waals surface area contributed by atoms with Gasteiger partial charge >= 0.3 is 0 Å². The predicted molar refractivity (Wildman–Crippen MR) is 113 cm³/mol. The quantitative estimate of drug-likeness (QED) is 0.545. The molecule has 1 aromatic carbocycles. The zero-order valence-corrected chi connectivity index (χ0v) is 17.4. The number of H-pyrrole nitrogens is 1.